The largest absolute Gasteiger partial charge is 0.387 e. The van der Waals surface area contributed by atoms with Crippen molar-refractivity contribution in [3.63, 3.8) is 0 Å². The van der Waals surface area contributed by atoms with E-state index in [4.69, 9.17) is 0 Å². The van der Waals surface area contributed by atoms with E-state index in [0.29, 0.717) is 6.54 Å². The fraction of sp³-hybridized carbons (Fsp3) is 0.333. The van der Waals surface area contributed by atoms with Crippen molar-refractivity contribution in [2.24, 2.45) is 0 Å². The molecule has 1 atom stereocenters. The molecule has 4 heteroatoms. The van der Waals surface area contributed by atoms with Gasteiger partial charge in [0.25, 0.3) is 0 Å². The summed E-state index contributed by atoms with van der Waals surface area (Å²) in [7, 11) is 0. The van der Waals surface area contributed by atoms with Crippen molar-refractivity contribution in [2.75, 3.05) is 13.1 Å². The van der Waals surface area contributed by atoms with Crippen LogP contribution in [-0.4, -0.2) is 18.2 Å². The van der Waals surface area contributed by atoms with Crippen LogP contribution in [0.25, 0.3) is 0 Å². The minimum atomic E-state index is -1.07. The molecule has 16 heavy (non-hydrogen) atoms. The van der Waals surface area contributed by atoms with E-state index < -0.39 is 17.7 Å². The van der Waals surface area contributed by atoms with Crippen molar-refractivity contribution >= 4 is 0 Å². The highest BCUT2D eigenvalue weighted by molar-refractivity contribution is 5.21. The van der Waals surface area contributed by atoms with E-state index in [9.17, 15) is 13.9 Å². The van der Waals surface area contributed by atoms with Crippen molar-refractivity contribution in [1.29, 1.82) is 0 Å². The fourth-order valence-electron chi connectivity index (χ4n) is 1.24. The highest BCUT2D eigenvalue weighted by Gasteiger charge is 2.12. The number of nitrogens with one attached hydrogen (secondary N) is 1. The SMILES string of the molecule is CC#CCNCC(O)c1cc(F)ccc1F. The lowest BCUT2D eigenvalue weighted by molar-refractivity contribution is 0.171. The zero-order valence-corrected chi connectivity index (χ0v) is 8.93. The van der Waals surface area contributed by atoms with Gasteiger partial charge in [-0.2, -0.15) is 0 Å². The van der Waals surface area contributed by atoms with Gasteiger partial charge >= 0.3 is 0 Å². The van der Waals surface area contributed by atoms with E-state index >= 15 is 0 Å². The highest BCUT2D eigenvalue weighted by atomic mass is 19.1. The molecular weight excluding hydrogens is 212 g/mol. The number of aliphatic hydroxyl groups excluding tert-OH is 1. The molecule has 2 nitrogen and oxygen atoms in total. The molecule has 0 aliphatic heterocycles. The van der Waals surface area contributed by atoms with Gasteiger partial charge < -0.3 is 10.4 Å². The quantitative estimate of drug-likeness (QED) is 0.602. The van der Waals surface area contributed by atoms with Crippen LogP contribution < -0.4 is 5.32 Å². The summed E-state index contributed by atoms with van der Waals surface area (Å²) in [4.78, 5) is 0. The molecule has 0 aliphatic carbocycles. The Morgan fingerprint density at radius 3 is 2.88 bits per heavy atom. The number of benzene rings is 1. The molecule has 2 N–H and O–H groups in total. The Labute approximate surface area is 93.3 Å². The lowest BCUT2D eigenvalue weighted by Crippen LogP contribution is -2.22. The monoisotopic (exact) mass is 225 g/mol. The Balaban J connectivity index is 2.60. The standard InChI is InChI=1S/C12H13F2NO/c1-2-3-6-15-8-12(16)10-7-9(13)4-5-11(10)14/h4-5,7,12,15-16H,6,8H2,1H3. The number of hydrogen-bond acceptors (Lipinski definition) is 2. The van der Waals surface area contributed by atoms with Gasteiger partial charge in [0.15, 0.2) is 0 Å². The van der Waals surface area contributed by atoms with E-state index in [2.05, 4.69) is 17.2 Å². The number of aliphatic hydroxyl groups is 1. The molecular formula is C12H13F2NO. The van der Waals surface area contributed by atoms with Crippen LogP contribution in [0.3, 0.4) is 0 Å². The maximum Gasteiger partial charge on any atom is 0.129 e. The summed E-state index contributed by atoms with van der Waals surface area (Å²) < 4.78 is 26.0. The lowest BCUT2D eigenvalue weighted by atomic mass is 10.1. The summed E-state index contributed by atoms with van der Waals surface area (Å²) in [6, 6.07) is 3.01. The lowest BCUT2D eigenvalue weighted by Gasteiger charge is -2.11. The molecule has 0 aromatic heterocycles. The van der Waals surface area contributed by atoms with Crippen LogP contribution in [0, 0.1) is 23.5 Å². The third-order valence-electron chi connectivity index (χ3n) is 2.04. The van der Waals surface area contributed by atoms with Crippen LogP contribution in [0.15, 0.2) is 18.2 Å². The maximum atomic E-state index is 13.2. The molecule has 1 aromatic carbocycles. The first kappa shape index (κ1) is 12.6. The first-order valence-corrected chi connectivity index (χ1v) is 4.88. The number of hydrogen-bond donors (Lipinski definition) is 2. The van der Waals surface area contributed by atoms with Crippen molar-refractivity contribution in [1.82, 2.24) is 5.32 Å². The van der Waals surface area contributed by atoms with Gasteiger partial charge in [0.1, 0.15) is 11.6 Å². The van der Waals surface area contributed by atoms with Crippen LogP contribution >= 0.6 is 0 Å². The van der Waals surface area contributed by atoms with Gasteiger partial charge in [0, 0.05) is 12.1 Å². The van der Waals surface area contributed by atoms with Crippen molar-refractivity contribution in [3.8, 4) is 11.8 Å². The van der Waals surface area contributed by atoms with Gasteiger partial charge in [-0.15, -0.1) is 5.92 Å². The average Bonchev–Trinajstić information content (AvgIpc) is 2.27. The van der Waals surface area contributed by atoms with Gasteiger partial charge in [-0.05, 0) is 25.1 Å². The van der Waals surface area contributed by atoms with E-state index in [1.165, 1.54) is 0 Å². The fourth-order valence-corrected chi connectivity index (χ4v) is 1.24. The first-order valence-electron chi connectivity index (χ1n) is 4.88. The predicted molar refractivity (Wildman–Crippen MR) is 57.6 cm³/mol. The van der Waals surface area contributed by atoms with Gasteiger partial charge in [-0.1, -0.05) is 5.92 Å². The molecule has 0 radical (unpaired) electrons. The molecule has 0 saturated carbocycles. The van der Waals surface area contributed by atoms with Crippen molar-refractivity contribution in [3.05, 3.63) is 35.4 Å². The third kappa shape index (κ3) is 3.61. The second-order valence-corrected chi connectivity index (χ2v) is 3.24. The Morgan fingerprint density at radius 1 is 1.44 bits per heavy atom. The molecule has 0 spiro atoms. The zero-order valence-electron chi connectivity index (χ0n) is 8.93. The maximum absolute atomic E-state index is 13.2. The summed E-state index contributed by atoms with van der Waals surface area (Å²) in [5.74, 6) is 4.23. The van der Waals surface area contributed by atoms with E-state index in [1.54, 1.807) is 6.92 Å². The normalized spacial score (nSPS) is 11.8. The van der Waals surface area contributed by atoms with Gasteiger partial charge in [0.05, 0.1) is 12.6 Å². The molecule has 0 aliphatic rings. The molecule has 1 unspecified atom stereocenters. The average molecular weight is 225 g/mol. The van der Waals surface area contributed by atoms with Crippen LogP contribution in [0.2, 0.25) is 0 Å². The van der Waals surface area contributed by atoms with E-state index in [-0.39, 0.29) is 12.1 Å². The Hall–Kier alpha value is -1.44. The Bertz CT molecular complexity index is 409. The summed E-state index contributed by atoms with van der Waals surface area (Å²) in [6.07, 6.45) is -1.07. The summed E-state index contributed by atoms with van der Waals surface area (Å²) in [6.45, 7) is 2.24. The number of halogens is 2. The minimum Gasteiger partial charge on any atom is -0.387 e. The molecule has 1 rings (SSSR count). The minimum absolute atomic E-state index is 0.0445. The Kier molecular flexibility index (Phi) is 4.90. The van der Waals surface area contributed by atoms with E-state index in [0.717, 1.165) is 18.2 Å². The van der Waals surface area contributed by atoms with Crippen molar-refractivity contribution < 1.29 is 13.9 Å². The molecule has 0 heterocycles. The third-order valence-corrected chi connectivity index (χ3v) is 2.04. The van der Waals surface area contributed by atoms with Crippen LogP contribution in [0.5, 0.6) is 0 Å². The highest BCUT2D eigenvalue weighted by Crippen LogP contribution is 2.17. The summed E-state index contributed by atoms with van der Waals surface area (Å²) in [5, 5.41) is 12.4. The molecule has 0 saturated heterocycles. The Morgan fingerprint density at radius 2 is 2.19 bits per heavy atom. The molecule has 0 fully saturated rings. The van der Waals surface area contributed by atoms with Gasteiger partial charge in [0.2, 0.25) is 0 Å². The predicted octanol–water partition coefficient (Wildman–Crippen LogP) is 1.61. The number of rotatable bonds is 4. The molecule has 0 amide bonds. The van der Waals surface area contributed by atoms with Crippen LogP contribution in [0.1, 0.15) is 18.6 Å². The first-order chi connectivity index (χ1) is 7.65. The van der Waals surface area contributed by atoms with E-state index in [1.807, 2.05) is 0 Å². The van der Waals surface area contributed by atoms with Gasteiger partial charge in [-0.25, -0.2) is 8.78 Å². The summed E-state index contributed by atoms with van der Waals surface area (Å²) in [5.41, 5.74) is -0.0445. The summed E-state index contributed by atoms with van der Waals surface area (Å²) >= 11 is 0. The smallest absolute Gasteiger partial charge is 0.129 e. The topological polar surface area (TPSA) is 32.3 Å². The molecule has 0 bridgehead atoms. The molecule has 86 valence electrons. The second-order valence-electron chi connectivity index (χ2n) is 3.24. The van der Waals surface area contributed by atoms with Gasteiger partial charge in [-0.3, -0.25) is 0 Å². The van der Waals surface area contributed by atoms with Crippen LogP contribution in [0.4, 0.5) is 8.78 Å². The zero-order chi connectivity index (χ0) is 12.0. The van der Waals surface area contributed by atoms with Crippen molar-refractivity contribution in [2.45, 2.75) is 13.0 Å². The molecule has 1 aromatic rings. The van der Waals surface area contributed by atoms with Crippen LogP contribution in [-0.2, 0) is 0 Å². The second kappa shape index (κ2) is 6.21.